The van der Waals surface area contributed by atoms with Crippen molar-refractivity contribution in [3.63, 3.8) is 0 Å². The highest BCUT2D eigenvalue weighted by Gasteiger charge is 2.37. The van der Waals surface area contributed by atoms with Crippen molar-refractivity contribution in [3.8, 4) is 5.75 Å². The van der Waals surface area contributed by atoms with Crippen molar-refractivity contribution in [1.82, 2.24) is 0 Å². The molecule has 2 fully saturated rings. The summed E-state index contributed by atoms with van der Waals surface area (Å²) in [5.41, 5.74) is 4.91. The van der Waals surface area contributed by atoms with E-state index in [0.717, 1.165) is 43.9 Å². The maximum absolute atomic E-state index is 14.5. The molecule has 1 nitrogen and oxygen atoms in total. The SMILES string of the molecule is CCCc1ccc(C2(C)C=CC(C3CCC4CC(COc5ccc(CCC)c(F)c5F)CCC4C3)=CC2)cc1. The van der Waals surface area contributed by atoms with Crippen LogP contribution in [-0.4, -0.2) is 6.61 Å². The zero-order chi connectivity index (χ0) is 27.4. The highest BCUT2D eigenvalue weighted by atomic mass is 19.2. The molecule has 39 heavy (non-hydrogen) atoms. The van der Waals surface area contributed by atoms with E-state index in [2.05, 4.69) is 56.3 Å². The molecule has 0 spiro atoms. The van der Waals surface area contributed by atoms with Crippen LogP contribution >= 0.6 is 0 Å². The molecule has 0 aliphatic heterocycles. The van der Waals surface area contributed by atoms with Gasteiger partial charge in [0.15, 0.2) is 11.6 Å². The van der Waals surface area contributed by atoms with Gasteiger partial charge in [-0.15, -0.1) is 0 Å². The number of hydrogen-bond acceptors (Lipinski definition) is 1. The number of allylic oxidation sites excluding steroid dienone is 4. The van der Waals surface area contributed by atoms with Gasteiger partial charge in [-0.1, -0.05) is 82.2 Å². The van der Waals surface area contributed by atoms with Crippen LogP contribution in [0.3, 0.4) is 0 Å². The van der Waals surface area contributed by atoms with Crippen molar-refractivity contribution in [1.29, 1.82) is 0 Å². The standard InChI is InChI=1S/C36H46F2O/c1-4-6-25-9-15-32(16-10-25)36(3)20-18-27(19-21-36)30-13-12-29-22-26(8-11-31(29)23-30)24-39-33-17-14-28(7-5-2)34(37)35(33)38/h9-10,14-20,26,29-31H,4-8,11-13,21-24H2,1-3H3. The lowest BCUT2D eigenvalue weighted by atomic mass is 9.63. The van der Waals surface area contributed by atoms with Crippen LogP contribution in [0.4, 0.5) is 8.78 Å². The number of halogens is 2. The van der Waals surface area contributed by atoms with E-state index in [-0.39, 0.29) is 11.2 Å². The second kappa shape index (κ2) is 12.4. The summed E-state index contributed by atoms with van der Waals surface area (Å²) in [5.74, 6) is 1.11. The maximum Gasteiger partial charge on any atom is 0.200 e. The Morgan fingerprint density at radius 3 is 2.31 bits per heavy atom. The minimum Gasteiger partial charge on any atom is -0.490 e. The van der Waals surface area contributed by atoms with E-state index >= 15 is 0 Å². The minimum atomic E-state index is -0.825. The fourth-order valence-electron chi connectivity index (χ4n) is 7.40. The van der Waals surface area contributed by atoms with Crippen molar-refractivity contribution >= 4 is 0 Å². The maximum atomic E-state index is 14.5. The monoisotopic (exact) mass is 532 g/mol. The van der Waals surface area contributed by atoms with Crippen LogP contribution in [0.2, 0.25) is 0 Å². The van der Waals surface area contributed by atoms with E-state index in [9.17, 15) is 8.78 Å². The van der Waals surface area contributed by atoms with E-state index < -0.39 is 11.6 Å². The zero-order valence-corrected chi connectivity index (χ0v) is 24.2. The third-order valence-corrected chi connectivity index (χ3v) is 9.87. The first-order valence-electron chi connectivity index (χ1n) is 15.5. The largest absolute Gasteiger partial charge is 0.490 e. The lowest BCUT2D eigenvalue weighted by molar-refractivity contribution is 0.0837. The van der Waals surface area contributed by atoms with Crippen molar-refractivity contribution < 1.29 is 13.5 Å². The second-order valence-corrected chi connectivity index (χ2v) is 12.7. The molecule has 3 heteroatoms. The summed E-state index contributed by atoms with van der Waals surface area (Å²) >= 11 is 0. The van der Waals surface area contributed by atoms with Gasteiger partial charge < -0.3 is 4.74 Å². The summed E-state index contributed by atoms with van der Waals surface area (Å²) in [6.45, 7) is 7.06. The molecule has 0 N–H and O–H groups in total. The Morgan fingerprint density at radius 1 is 0.846 bits per heavy atom. The highest BCUT2D eigenvalue weighted by molar-refractivity contribution is 5.40. The van der Waals surface area contributed by atoms with E-state index in [1.807, 2.05) is 6.92 Å². The molecule has 3 aliphatic rings. The normalized spacial score (nSPS) is 28.6. The van der Waals surface area contributed by atoms with Crippen LogP contribution in [0.1, 0.15) is 95.2 Å². The predicted octanol–water partition coefficient (Wildman–Crippen LogP) is 9.93. The number of ether oxygens (including phenoxy) is 1. The number of aryl methyl sites for hydroxylation is 2. The Labute approximate surface area is 234 Å². The Hall–Kier alpha value is -2.42. The van der Waals surface area contributed by atoms with Gasteiger partial charge in [0, 0.05) is 5.41 Å². The molecule has 0 heterocycles. The number of hydrogen-bond donors (Lipinski definition) is 0. The molecule has 0 bridgehead atoms. The van der Waals surface area contributed by atoms with Crippen LogP contribution in [0.5, 0.6) is 5.75 Å². The fourth-order valence-corrected chi connectivity index (χ4v) is 7.40. The van der Waals surface area contributed by atoms with Crippen LogP contribution in [0.25, 0.3) is 0 Å². The number of benzene rings is 2. The van der Waals surface area contributed by atoms with Gasteiger partial charge in [0.25, 0.3) is 0 Å². The first kappa shape index (κ1) is 28.1. The molecule has 0 saturated heterocycles. The molecule has 2 saturated carbocycles. The minimum absolute atomic E-state index is 0.0677. The van der Waals surface area contributed by atoms with Gasteiger partial charge in [-0.25, -0.2) is 4.39 Å². The topological polar surface area (TPSA) is 9.23 Å². The van der Waals surface area contributed by atoms with E-state index in [1.54, 1.807) is 17.7 Å². The van der Waals surface area contributed by atoms with Gasteiger partial charge >= 0.3 is 0 Å². The lowest BCUT2D eigenvalue weighted by Gasteiger charge is -2.43. The van der Waals surface area contributed by atoms with Crippen molar-refractivity contribution in [2.24, 2.45) is 23.7 Å². The van der Waals surface area contributed by atoms with E-state index in [4.69, 9.17) is 4.74 Å². The lowest BCUT2D eigenvalue weighted by Crippen LogP contribution is -2.33. The molecule has 0 radical (unpaired) electrons. The van der Waals surface area contributed by atoms with Gasteiger partial charge in [-0.05, 0) is 110 Å². The average Bonchev–Trinajstić information content (AvgIpc) is 2.96. The van der Waals surface area contributed by atoms with Gasteiger partial charge in [0.05, 0.1) is 6.61 Å². The third kappa shape index (κ3) is 6.34. The number of fused-ring (bicyclic) bond motifs is 1. The van der Waals surface area contributed by atoms with Crippen molar-refractivity contribution in [2.75, 3.05) is 6.61 Å². The molecule has 5 atom stereocenters. The first-order valence-corrected chi connectivity index (χ1v) is 15.5. The van der Waals surface area contributed by atoms with Crippen LogP contribution in [0.15, 0.2) is 60.2 Å². The van der Waals surface area contributed by atoms with Crippen LogP contribution in [-0.2, 0) is 18.3 Å². The Bertz CT molecular complexity index is 1180. The zero-order valence-electron chi connectivity index (χ0n) is 24.2. The smallest absolute Gasteiger partial charge is 0.200 e. The molecule has 2 aromatic carbocycles. The quantitative estimate of drug-likeness (QED) is 0.312. The molecule has 3 aliphatic carbocycles. The molecule has 5 unspecified atom stereocenters. The van der Waals surface area contributed by atoms with Crippen molar-refractivity contribution in [2.45, 2.75) is 96.8 Å². The summed E-state index contributed by atoms with van der Waals surface area (Å²) in [6, 6.07) is 12.5. The summed E-state index contributed by atoms with van der Waals surface area (Å²) in [4.78, 5) is 0. The second-order valence-electron chi connectivity index (χ2n) is 12.7. The number of rotatable bonds is 9. The summed E-state index contributed by atoms with van der Waals surface area (Å²) in [5, 5.41) is 0. The highest BCUT2D eigenvalue weighted by Crippen LogP contribution is 2.48. The Morgan fingerprint density at radius 2 is 1.59 bits per heavy atom. The van der Waals surface area contributed by atoms with E-state index in [0.29, 0.717) is 30.4 Å². The van der Waals surface area contributed by atoms with Gasteiger partial charge in [0.1, 0.15) is 0 Å². The summed E-state index contributed by atoms with van der Waals surface area (Å²) in [7, 11) is 0. The van der Waals surface area contributed by atoms with E-state index in [1.165, 1.54) is 43.2 Å². The molecule has 2 aromatic rings. The Kier molecular flexibility index (Phi) is 8.94. The average molecular weight is 533 g/mol. The fraction of sp³-hybridized carbons (Fsp3) is 0.556. The molecular weight excluding hydrogens is 486 g/mol. The summed E-state index contributed by atoms with van der Waals surface area (Å²) < 4.78 is 34.7. The molecule has 0 amide bonds. The van der Waals surface area contributed by atoms with Crippen LogP contribution in [0, 0.1) is 35.3 Å². The van der Waals surface area contributed by atoms with Gasteiger partial charge in [-0.3, -0.25) is 0 Å². The summed E-state index contributed by atoms with van der Waals surface area (Å²) in [6.07, 6.45) is 19.5. The molecule has 210 valence electrons. The van der Waals surface area contributed by atoms with Gasteiger partial charge in [-0.2, -0.15) is 4.39 Å². The molecule has 5 rings (SSSR count). The van der Waals surface area contributed by atoms with Crippen LogP contribution < -0.4 is 4.74 Å². The third-order valence-electron chi connectivity index (χ3n) is 9.87. The van der Waals surface area contributed by atoms with Crippen molar-refractivity contribution in [3.05, 3.63) is 88.5 Å². The predicted molar refractivity (Wildman–Crippen MR) is 157 cm³/mol. The Balaban J connectivity index is 1.12. The van der Waals surface area contributed by atoms with Gasteiger partial charge in [0.2, 0.25) is 5.82 Å². The molecule has 0 aromatic heterocycles. The first-order chi connectivity index (χ1) is 18.9. The molecular formula is C36H46F2O.